The van der Waals surface area contributed by atoms with Crippen molar-refractivity contribution in [2.24, 2.45) is 5.92 Å². The number of rotatable bonds is 17. The number of halogens is 2. The maximum absolute atomic E-state index is 14.4. The maximum Gasteiger partial charge on any atom is 0.290 e. The van der Waals surface area contributed by atoms with Gasteiger partial charge in [0.15, 0.2) is 0 Å². The van der Waals surface area contributed by atoms with Crippen LogP contribution in [0.4, 0.5) is 11.6 Å². The summed E-state index contributed by atoms with van der Waals surface area (Å²) in [5.74, 6) is 0.638. The van der Waals surface area contributed by atoms with Crippen LogP contribution in [0.5, 0.6) is 11.5 Å². The standard InChI is InChI=1S/C38H45Cl2N7O4.CH2O2/c1-7-46(8-2)17-10-9-16-42-38-43-23-27-20-29(32-33(39)30(50-5)21-31(51-6)34(32)40)37(49)47(35(27)45-38)18-15-25-11-13-28(14-12-25)44-36(48)26(22-41)19-24(3)4;2-1-3/h11-14,19-21,23-24H,7-10,15-18H2,1-6H3,(H,44,48)(H,42,43,45);1H,(H,2,3)/b26-19+;. The third-order valence-corrected chi connectivity index (χ3v) is 9.20. The highest BCUT2D eigenvalue weighted by Gasteiger charge is 2.23. The van der Waals surface area contributed by atoms with Crippen LogP contribution >= 0.6 is 23.2 Å². The van der Waals surface area contributed by atoms with Gasteiger partial charge in [0, 0.05) is 42.0 Å². The predicted molar refractivity (Wildman–Crippen MR) is 214 cm³/mol. The number of carbonyl (C=O) groups is 2. The Balaban J connectivity index is 0.00000253. The molecule has 0 saturated heterocycles. The van der Waals surface area contributed by atoms with Gasteiger partial charge in [-0.2, -0.15) is 10.2 Å². The number of hydrogen-bond acceptors (Lipinski definition) is 10. The van der Waals surface area contributed by atoms with Crippen LogP contribution in [-0.2, 0) is 22.6 Å². The van der Waals surface area contributed by atoms with Gasteiger partial charge in [-0.15, -0.1) is 0 Å². The Labute approximate surface area is 325 Å². The van der Waals surface area contributed by atoms with Gasteiger partial charge < -0.3 is 30.1 Å². The molecule has 0 aliphatic carbocycles. The molecule has 0 unspecified atom stereocenters. The number of carbonyl (C=O) groups excluding carboxylic acids is 1. The number of aromatic nitrogens is 3. The van der Waals surface area contributed by atoms with Crippen LogP contribution in [0.1, 0.15) is 46.1 Å². The molecule has 0 radical (unpaired) electrons. The normalized spacial score (nSPS) is 11.2. The lowest BCUT2D eigenvalue weighted by Gasteiger charge is -2.18. The van der Waals surface area contributed by atoms with Crippen LogP contribution in [0.15, 0.2) is 59.0 Å². The Morgan fingerprint density at radius 2 is 1.70 bits per heavy atom. The van der Waals surface area contributed by atoms with Gasteiger partial charge in [-0.25, -0.2) is 4.98 Å². The fraction of sp³-hybridized carbons (Fsp3) is 0.385. The van der Waals surface area contributed by atoms with Crippen LogP contribution in [-0.4, -0.2) is 77.3 Å². The zero-order chi connectivity index (χ0) is 39.8. The number of nitriles is 1. The lowest BCUT2D eigenvalue weighted by atomic mass is 10.0. The van der Waals surface area contributed by atoms with Gasteiger partial charge in [0.2, 0.25) is 5.95 Å². The Kier molecular flexibility index (Phi) is 17.2. The molecular formula is C39H47Cl2N7O6. The first kappa shape index (κ1) is 43.2. The predicted octanol–water partition coefficient (Wildman–Crippen LogP) is 7.30. The minimum Gasteiger partial charge on any atom is -0.495 e. The Hall–Kier alpha value is -5.16. The van der Waals surface area contributed by atoms with Gasteiger partial charge in [0.05, 0.1) is 29.8 Å². The number of pyridine rings is 1. The summed E-state index contributed by atoms with van der Waals surface area (Å²) in [5, 5.41) is 23.3. The number of allylic oxidation sites excluding steroid dienone is 1. The van der Waals surface area contributed by atoms with E-state index in [0.717, 1.165) is 38.0 Å². The molecule has 4 aromatic rings. The second-order valence-corrected chi connectivity index (χ2v) is 13.1. The molecule has 0 aliphatic heterocycles. The molecule has 1 amide bonds. The van der Waals surface area contributed by atoms with E-state index < -0.39 is 5.91 Å². The Bertz CT molecular complexity index is 2000. The van der Waals surface area contributed by atoms with Crippen molar-refractivity contribution >= 4 is 58.3 Å². The molecule has 54 heavy (non-hydrogen) atoms. The van der Waals surface area contributed by atoms with Crippen LogP contribution in [0.25, 0.3) is 22.2 Å². The monoisotopic (exact) mass is 779 g/mol. The highest BCUT2D eigenvalue weighted by atomic mass is 35.5. The number of methoxy groups -OCH3 is 2. The van der Waals surface area contributed by atoms with E-state index in [1.807, 2.05) is 32.0 Å². The second kappa shape index (κ2) is 21.5. The first-order chi connectivity index (χ1) is 26.0. The van der Waals surface area contributed by atoms with Crippen LogP contribution in [0.2, 0.25) is 10.0 Å². The van der Waals surface area contributed by atoms with Crippen LogP contribution < -0.4 is 25.7 Å². The molecule has 4 rings (SSSR count). The van der Waals surface area contributed by atoms with E-state index in [2.05, 4.69) is 34.4 Å². The van der Waals surface area contributed by atoms with Crippen LogP contribution in [0.3, 0.4) is 0 Å². The summed E-state index contributed by atoms with van der Waals surface area (Å²) in [6.45, 7) is 11.9. The van der Waals surface area contributed by atoms with Crippen molar-refractivity contribution in [2.45, 2.75) is 53.5 Å². The second-order valence-electron chi connectivity index (χ2n) is 12.4. The van der Waals surface area contributed by atoms with Gasteiger partial charge in [-0.05, 0) is 68.6 Å². The molecule has 2 aromatic heterocycles. The SMILES string of the molecule is CCN(CC)CCCCNc1ncc2cc(-c3c(Cl)c(OC)cc(OC)c3Cl)c(=O)n(CCc3ccc(NC(=O)/C(C#N)=C/C(C)C)cc3)c2n1.O=CO. The number of fused-ring (bicyclic) bond motifs is 1. The highest BCUT2D eigenvalue weighted by Crippen LogP contribution is 2.45. The first-order valence-corrected chi connectivity index (χ1v) is 18.3. The number of nitrogens with one attached hydrogen (secondary N) is 2. The number of amides is 1. The molecule has 13 nitrogen and oxygen atoms in total. The Morgan fingerprint density at radius 1 is 1.07 bits per heavy atom. The molecule has 0 atom stereocenters. The molecule has 0 spiro atoms. The molecule has 3 N–H and O–H groups in total. The van der Waals surface area contributed by atoms with Crippen molar-refractivity contribution in [1.82, 2.24) is 19.4 Å². The number of ether oxygens (including phenoxy) is 2. The number of aryl methyl sites for hydroxylation is 2. The summed E-state index contributed by atoms with van der Waals surface area (Å²) in [6.07, 6.45) is 5.75. The third kappa shape index (κ3) is 11.4. The maximum atomic E-state index is 14.4. The van der Waals surface area contributed by atoms with Gasteiger partial charge in [0.1, 0.15) is 28.8 Å². The van der Waals surface area contributed by atoms with Crippen molar-refractivity contribution in [3.8, 4) is 28.7 Å². The number of hydrogen-bond donors (Lipinski definition) is 3. The van der Waals surface area contributed by atoms with Crippen molar-refractivity contribution < 1.29 is 24.2 Å². The van der Waals surface area contributed by atoms with Crippen molar-refractivity contribution in [2.75, 3.05) is 51.0 Å². The smallest absolute Gasteiger partial charge is 0.290 e. The van der Waals surface area contributed by atoms with Gasteiger partial charge >= 0.3 is 0 Å². The summed E-state index contributed by atoms with van der Waals surface area (Å²) < 4.78 is 12.5. The largest absolute Gasteiger partial charge is 0.495 e. The minimum atomic E-state index is -0.465. The van der Waals surface area contributed by atoms with Gasteiger partial charge in [-0.3, -0.25) is 19.0 Å². The topological polar surface area (TPSA) is 172 Å². The molecule has 2 heterocycles. The molecule has 288 valence electrons. The summed E-state index contributed by atoms with van der Waals surface area (Å²) in [4.78, 5) is 47.1. The third-order valence-electron chi connectivity index (χ3n) is 8.45. The highest BCUT2D eigenvalue weighted by molar-refractivity contribution is 6.41. The van der Waals surface area contributed by atoms with Crippen molar-refractivity contribution in [3.63, 3.8) is 0 Å². The van der Waals surface area contributed by atoms with E-state index in [1.54, 1.807) is 41.1 Å². The first-order valence-electron chi connectivity index (χ1n) is 17.5. The number of unbranched alkanes of at least 4 members (excludes halogenated alkanes) is 1. The quantitative estimate of drug-likeness (QED) is 0.0425. The van der Waals surface area contributed by atoms with E-state index in [1.165, 1.54) is 14.2 Å². The van der Waals surface area contributed by atoms with E-state index in [4.69, 9.17) is 47.6 Å². The minimum absolute atomic E-state index is 0.0588. The molecule has 2 aromatic carbocycles. The van der Waals surface area contributed by atoms with Crippen molar-refractivity contribution in [3.05, 3.63) is 80.2 Å². The zero-order valence-corrected chi connectivity index (χ0v) is 32.9. The van der Waals surface area contributed by atoms with Gasteiger partial charge in [-0.1, -0.05) is 69.1 Å². The summed E-state index contributed by atoms with van der Waals surface area (Å²) in [7, 11) is 2.95. The fourth-order valence-electron chi connectivity index (χ4n) is 5.64. The average molecular weight is 781 g/mol. The van der Waals surface area contributed by atoms with E-state index >= 15 is 0 Å². The molecule has 0 bridgehead atoms. The number of benzene rings is 2. The number of anilines is 2. The van der Waals surface area contributed by atoms with Crippen molar-refractivity contribution in [1.29, 1.82) is 5.26 Å². The average Bonchev–Trinajstić information content (AvgIpc) is 3.16. The number of nitrogens with zero attached hydrogens (tertiary/aromatic N) is 5. The fourth-order valence-corrected chi connectivity index (χ4v) is 6.35. The number of carboxylic acid groups (broad SMARTS) is 1. The molecular weight excluding hydrogens is 733 g/mol. The summed E-state index contributed by atoms with van der Waals surface area (Å²) in [5.41, 5.74) is 2.16. The van der Waals surface area contributed by atoms with E-state index in [9.17, 15) is 14.9 Å². The zero-order valence-electron chi connectivity index (χ0n) is 31.4. The molecule has 0 fully saturated rings. The summed E-state index contributed by atoms with van der Waals surface area (Å²) in [6, 6.07) is 12.5. The molecule has 15 heteroatoms. The van der Waals surface area contributed by atoms with Gasteiger partial charge in [0.25, 0.3) is 17.9 Å². The van der Waals surface area contributed by atoms with Crippen LogP contribution in [0, 0.1) is 17.2 Å². The molecule has 0 saturated carbocycles. The molecule has 0 aliphatic rings. The van der Waals surface area contributed by atoms with E-state index in [0.29, 0.717) is 47.1 Å². The van der Waals surface area contributed by atoms with E-state index in [-0.39, 0.29) is 51.2 Å². The lowest BCUT2D eigenvalue weighted by Crippen LogP contribution is -2.25. The lowest BCUT2D eigenvalue weighted by molar-refractivity contribution is -0.122. The Morgan fingerprint density at radius 3 is 2.26 bits per heavy atom. The summed E-state index contributed by atoms with van der Waals surface area (Å²) >= 11 is 13.5.